The molecule has 20 heavy (non-hydrogen) atoms. The monoisotopic (exact) mass is 300 g/mol. The lowest BCUT2D eigenvalue weighted by molar-refractivity contribution is 0.426. The fraction of sp³-hybridized carbons (Fsp3) is 0.846. The van der Waals surface area contributed by atoms with Crippen molar-refractivity contribution in [3.8, 4) is 0 Å². The lowest BCUT2D eigenvalue weighted by atomic mass is 10.1. The molecule has 2 rings (SSSR count). The molecular formula is C13H24N4O2S. The Balaban J connectivity index is 2.09. The maximum Gasteiger partial charge on any atom is 0.212 e. The van der Waals surface area contributed by atoms with Crippen molar-refractivity contribution in [2.75, 3.05) is 5.75 Å². The molecule has 0 radical (unpaired) electrons. The third-order valence-electron chi connectivity index (χ3n) is 3.93. The highest BCUT2D eigenvalue weighted by molar-refractivity contribution is 7.89. The van der Waals surface area contributed by atoms with Crippen LogP contribution in [0.3, 0.4) is 0 Å². The Bertz CT molecular complexity index is 532. The molecule has 0 amide bonds. The van der Waals surface area contributed by atoms with Gasteiger partial charge in [0.15, 0.2) is 0 Å². The van der Waals surface area contributed by atoms with Crippen molar-refractivity contribution >= 4 is 10.0 Å². The van der Waals surface area contributed by atoms with Crippen LogP contribution in [0.2, 0.25) is 0 Å². The summed E-state index contributed by atoms with van der Waals surface area (Å²) in [6, 6.07) is -0.325. The normalized spacial score (nSPS) is 18.8. The molecule has 0 bridgehead atoms. The van der Waals surface area contributed by atoms with Crippen LogP contribution in [0.5, 0.6) is 0 Å². The van der Waals surface area contributed by atoms with Crippen molar-refractivity contribution in [3.05, 3.63) is 12.2 Å². The largest absolute Gasteiger partial charge is 0.252 e. The molecule has 0 unspecified atom stereocenters. The van der Waals surface area contributed by atoms with Gasteiger partial charge in [-0.15, -0.1) is 0 Å². The first-order valence-electron chi connectivity index (χ1n) is 7.23. The zero-order valence-electron chi connectivity index (χ0n) is 12.4. The van der Waals surface area contributed by atoms with E-state index in [1.165, 1.54) is 6.33 Å². The summed E-state index contributed by atoms with van der Waals surface area (Å²) in [5.74, 6) is 1.32. The molecule has 1 aromatic rings. The molecule has 0 aliphatic heterocycles. The van der Waals surface area contributed by atoms with Gasteiger partial charge >= 0.3 is 0 Å². The molecule has 1 aliphatic rings. The summed E-state index contributed by atoms with van der Waals surface area (Å²) in [4.78, 5) is 4.18. The SMILES string of the molecule is CC(C)[C@H](NS(=O)(=O)CC1CCCC1)c1ncnn1C. The van der Waals surface area contributed by atoms with Crippen molar-refractivity contribution in [1.82, 2.24) is 19.5 Å². The van der Waals surface area contributed by atoms with Gasteiger partial charge in [0.25, 0.3) is 0 Å². The summed E-state index contributed by atoms with van der Waals surface area (Å²) in [6.45, 7) is 3.97. The first-order valence-corrected chi connectivity index (χ1v) is 8.88. The predicted octanol–water partition coefficient (Wildman–Crippen LogP) is 1.62. The zero-order chi connectivity index (χ0) is 14.8. The Labute approximate surface area is 121 Å². The van der Waals surface area contributed by atoms with E-state index in [-0.39, 0.29) is 17.7 Å². The lowest BCUT2D eigenvalue weighted by Crippen LogP contribution is -2.36. The van der Waals surface area contributed by atoms with Crippen molar-refractivity contribution in [2.24, 2.45) is 18.9 Å². The molecule has 1 atom stereocenters. The molecule has 0 aromatic carbocycles. The summed E-state index contributed by atoms with van der Waals surface area (Å²) in [5, 5.41) is 4.02. The maximum absolute atomic E-state index is 12.3. The number of aryl methyl sites for hydroxylation is 1. The quantitative estimate of drug-likeness (QED) is 0.866. The molecule has 1 heterocycles. The van der Waals surface area contributed by atoms with Gasteiger partial charge in [-0.3, -0.25) is 4.68 Å². The number of nitrogens with zero attached hydrogens (tertiary/aromatic N) is 3. The number of nitrogens with one attached hydrogen (secondary N) is 1. The van der Waals surface area contributed by atoms with Crippen molar-refractivity contribution in [3.63, 3.8) is 0 Å². The smallest absolute Gasteiger partial charge is 0.212 e. The van der Waals surface area contributed by atoms with Gasteiger partial charge in [0.1, 0.15) is 12.2 Å². The second-order valence-corrected chi connectivity index (χ2v) is 7.81. The van der Waals surface area contributed by atoms with E-state index in [4.69, 9.17) is 0 Å². The lowest BCUT2D eigenvalue weighted by Gasteiger charge is -2.22. The van der Waals surface area contributed by atoms with Gasteiger partial charge in [0, 0.05) is 7.05 Å². The highest BCUT2D eigenvalue weighted by Gasteiger charge is 2.28. The van der Waals surface area contributed by atoms with Crippen LogP contribution < -0.4 is 4.72 Å². The van der Waals surface area contributed by atoms with E-state index in [0.717, 1.165) is 25.7 Å². The zero-order valence-corrected chi connectivity index (χ0v) is 13.2. The van der Waals surface area contributed by atoms with Crippen LogP contribution in [0.15, 0.2) is 6.33 Å². The number of sulfonamides is 1. The Kier molecular flexibility index (Phi) is 4.80. The molecule has 1 saturated carbocycles. The minimum atomic E-state index is -3.28. The van der Waals surface area contributed by atoms with Crippen LogP contribution in [0.4, 0.5) is 0 Å². The minimum absolute atomic E-state index is 0.122. The standard InChI is InChI=1S/C13H24N4O2S/c1-10(2)12(13-14-9-15-17(13)3)16-20(18,19)8-11-6-4-5-7-11/h9-12,16H,4-8H2,1-3H3/t12-/m0/s1. The molecule has 1 N–H and O–H groups in total. The van der Waals surface area contributed by atoms with Gasteiger partial charge in [-0.2, -0.15) is 5.10 Å². The van der Waals surface area contributed by atoms with Crippen LogP contribution in [0.1, 0.15) is 51.4 Å². The molecule has 6 nitrogen and oxygen atoms in total. The first kappa shape index (κ1) is 15.4. The fourth-order valence-corrected chi connectivity index (χ4v) is 4.62. The molecule has 114 valence electrons. The van der Waals surface area contributed by atoms with Gasteiger partial charge in [-0.1, -0.05) is 26.7 Å². The second-order valence-electron chi connectivity index (χ2n) is 6.01. The molecule has 7 heteroatoms. The summed E-state index contributed by atoms with van der Waals surface area (Å²) in [5.41, 5.74) is 0. The Morgan fingerprint density at radius 3 is 2.55 bits per heavy atom. The second kappa shape index (κ2) is 6.22. The third kappa shape index (κ3) is 3.79. The van der Waals surface area contributed by atoms with E-state index in [2.05, 4.69) is 14.8 Å². The summed E-state index contributed by atoms with van der Waals surface area (Å²) >= 11 is 0. The van der Waals surface area contributed by atoms with Gasteiger partial charge in [0.05, 0.1) is 11.8 Å². The average molecular weight is 300 g/mol. The van der Waals surface area contributed by atoms with Crippen LogP contribution in [-0.4, -0.2) is 28.9 Å². The highest BCUT2D eigenvalue weighted by atomic mass is 32.2. The predicted molar refractivity (Wildman–Crippen MR) is 77.5 cm³/mol. The van der Waals surface area contributed by atoms with Crippen LogP contribution in [0, 0.1) is 11.8 Å². The maximum atomic E-state index is 12.3. The Hall–Kier alpha value is -0.950. The van der Waals surface area contributed by atoms with Gasteiger partial charge in [0.2, 0.25) is 10.0 Å². The van der Waals surface area contributed by atoms with E-state index >= 15 is 0 Å². The topological polar surface area (TPSA) is 76.9 Å². The third-order valence-corrected chi connectivity index (χ3v) is 5.45. The molecule has 1 fully saturated rings. The fourth-order valence-electron chi connectivity index (χ4n) is 2.80. The summed E-state index contributed by atoms with van der Waals surface area (Å²) in [7, 11) is -1.50. The number of hydrogen-bond acceptors (Lipinski definition) is 4. The molecular weight excluding hydrogens is 276 g/mol. The van der Waals surface area contributed by atoms with E-state index in [0.29, 0.717) is 11.7 Å². The number of hydrogen-bond donors (Lipinski definition) is 1. The Morgan fingerprint density at radius 2 is 2.05 bits per heavy atom. The Morgan fingerprint density at radius 1 is 1.40 bits per heavy atom. The van der Waals surface area contributed by atoms with Crippen LogP contribution in [-0.2, 0) is 17.1 Å². The highest BCUT2D eigenvalue weighted by Crippen LogP contribution is 2.27. The minimum Gasteiger partial charge on any atom is -0.252 e. The van der Waals surface area contributed by atoms with E-state index in [1.54, 1.807) is 11.7 Å². The van der Waals surface area contributed by atoms with Gasteiger partial charge in [-0.05, 0) is 24.7 Å². The average Bonchev–Trinajstić information content (AvgIpc) is 2.97. The van der Waals surface area contributed by atoms with E-state index in [1.807, 2.05) is 13.8 Å². The van der Waals surface area contributed by atoms with E-state index < -0.39 is 10.0 Å². The summed E-state index contributed by atoms with van der Waals surface area (Å²) < 4.78 is 29.1. The van der Waals surface area contributed by atoms with E-state index in [9.17, 15) is 8.42 Å². The molecule has 0 spiro atoms. The number of aromatic nitrogens is 3. The molecule has 0 saturated heterocycles. The first-order chi connectivity index (χ1) is 9.39. The van der Waals surface area contributed by atoms with Crippen molar-refractivity contribution in [1.29, 1.82) is 0 Å². The molecule has 1 aromatic heterocycles. The van der Waals surface area contributed by atoms with Crippen molar-refractivity contribution < 1.29 is 8.42 Å². The van der Waals surface area contributed by atoms with Gasteiger partial charge < -0.3 is 0 Å². The van der Waals surface area contributed by atoms with Crippen LogP contribution >= 0.6 is 0 Å². The van der Waals surface area contributed by atoms with Crippen LogP contribution in [0.25, 0.3) is 0 Å². The molecule has 1 aliphatic carbocycles. The van der Waals surface area contributed by atoms with Gasteiger partial charge in [-0.25, -0.2) is 18.1 Å². The van der Waals surface area contributed by atoms with Crippen molar-refractivity contribution in [2.45, 2.75) is 45.6 Å². The summed E-state index contributed by atoms with van der Waals surface area (Å²) in [6.07, 6.45) is 5.80. The number of rotatable bonds is 6.